The van der Waals surface area contributed by atoms with Gasteiger partial charge in [-0.2, -0.15) is 0 Å². The van der Waals surface area contributed by atoms with Gasteiger partial charge < -0.3 is 5.32 Å². The monoisotopic (exact) mass is 251 g/mol. The van der Waals surface area contributed by atoms with Crippen molar-refractivity contribution in [2.75, 3.05) is 12.3 Å². The smallest absolute Gasteiger partial charge is 0.0101 e. The highest BCUT2D eigenvalue weighted by atomic mass is 32.2. The van der Waals surface area contributed by atoms with E-state index in [1.54, 1.807) is 0 Å². The van der Waals surface area contributed by atoms with E-state index in [1.807, 2.05) is 11.8 Å². The topological polar surface area (TPSA) is 12.0 Å². The molecular formula is C15H25NS. The van der Waals surface area contributed by atoms with Crippen LogP contribution in [0.4, 0.5) is 0 Å². The second-order valence-electron chi connectivity index (χ2n) is 5.25. The Morgan fingerprint density at radius 3 is 2.47 bits per heavy atom. The second kappa shape index (κ2) is 7.07. The minimum absolute atomic E-state index is 0.587. The molecule has 1 atom stereocenters. The SMILES string of the molecule is Cc1ccc(SCC(C)CNC(C)C)c(C)c1. The molecule has 1 unspecified atom stereocenters. The Morgan fingerprint density at radius 1 is 1.18 bits per heavy atom. The third-order valence-corrected chi connectivity index (χ3v) is 4.23. The van der Waals surface area contributed by atoms with Gasteiger partial charge in [0.05, 0.1) is 0 Å². The molecule has 0 amide bonds. The van der Waals surface area contributed by atoms with Gasteiger partial charge in [0.2, 0.25) is 0 Å². The van der Waals surface area contributed by atoms with Crippen LogP contribution in [0, 0.1) is 19.8 Å². The summed E-state index contributed by atoms with van der Waals surface area (Å²) >= 11 is 1.98. The van der Waals surface area contributed by atoms with Crippen LogP contribution in [0.1, 0.15) is 31.9 Å². The zero-order chi connectivity index (χ0) is 12.8. The number of hydrogen-bond donors (Lipinski definition) is 1. The lowest BCUT2D eigenvalue weighted by molar-refractivity contribution is 0.510. The van der Waals surface area contributed by atoms with E-state index in [-0.39, 0.29) is 0 Å². The van der Waals surface area contributed by atoms with E-state index in [4.69, 9.17) is 0 Å². The molecule has 0 saturated carbocycles. The first-order chi connectivity index (χ1) is 7.99. The van der Waals surface area contributed by atoms with Gasteiger partial charge in [-0.25, -0.2) is 0 Å². The molecule has 0 aliphatic carbocycles. The molecule has 0 fully saturated rings. The summed E-state index contributed by atoms with van der Waals surface area (Å²) in [5.74, 6) is 1.90. The molecule has 0 radical (unpaired) electrons. The van der Waals surface area contributed by atoms with Crippen LogP contribution in [0.25, 0.3) is 0 Å². The van der Waals surface area contributed by atoms with Gasteiger partial charge in [0.1, 0.15) is 0 Å². The average molecular weight is 251 g/mol. The normalized spacial score (nSPS) is 13.1. The van der Waals surface area contributed by atoms with Gasteiger partial charge in [-0.1, -0.05) is 38.5 Å². The summed E-state index contributed by atoms with van der Waals surface area (Å²) in [6.45, 7) is 12.2. The predicted octanol–water partition coefficient (Wildman–Crippen LogP) is 4.03. The highest BCUT2D eigenvalue weighted by Gasteiger charge is 2.05. The van der Waals surface area contributed by atoms with Crippen molar-refractivity contribution in [2.45, 2.75) is 45.6 Å². The van der Waals surface area contributed by atoms with Gasteiger partial charge in [-0.15, -0.1) is 11.8 Å². The summed E-state index contributed by atoms with van der Waals surface area (Å²) in [6.07, 6.45) is 0. The molecule has 0 saturated heterocycles. The summed E-state index contributed by atoms with van der Waals surface area (Å²) in [5.41, 5.74) is 2.75. The first-order valence-corrected chi connectivity index (χ1v) is 7.41. The summed E-state index contributed by atoms with van der Waals surface area (Å²) in [7, 11) is 0. The second-order valence-corrected chi connectivity index (χ2v) is 6.31. The van der Waals surface area contributed by atoms with E-state index in [0.717, 1.165) is 6.54 Å². The fourth-order valence-electron chi connectivity index (χ4n) is 1.69. The summed E-state index contributed by atoms with van der Waals surface area (Å²) in [5, 5.41) is 3.49. The summed E-state index contributed by atoms with van der Waals surface area (Å²) in [6, 6.07) is 7.30. The number of hydrogen-bond acceptors (Lipinski definition) is 2. The van der Waals surface area contributed by atoms with Crippen molar-refractivity contribution in [3.63, 3.8) is 0 Å². The van der Waals surface area contributed by atoms with Gasteiger partial charge in [-0.05, 0) is 37.9 Å². The lowest BCUT2D eigenvalue weighted by atomic mass is 10.2. The maximum Gasteiger partial charge on any atom is 0.0101 e. The van der Waals surface area contributed by atoms with E-state index in [0.29, 0.717) is 12.0 Å². The summed E-state index contributed by atoms with van der Waals surface area (Å²) in [4.78, 5) is 1.42. The minimum Gasteiger partial charge on any atom is -0.314 e. The van der Waals surface area contributed by atoms with E-state index in [9.17, 15) is 0 Å². The number of rotatable bonds is 6. The first-order valence-electron chi connectivity index (χ1n) is 6.42. The molecule has 17 heavy (non-hydrogen) atoms. The molecule has 1 nitrogen and oxygen atoms in total. The van der Waals surface area contributed by atoms with Crippen LogP contribution in [-0.2, 0) is 0 Å². The quantitative estimate of drug-likeness (QED) is 0.766. The molecule has 0 bridgehead atoms. The Bertz CT molecular complexity index is 347. The van der Waals surface area contributed by atoms with Crippen molar-refractivity contribution >= 4 is 11.8 Å². The average Bonchev–Trinajstić information content (AvgIpc) is 2.25. The standard InChI is InChI=1S/C15H25NS/c1-11(2)16-9-13(4)10-17-15-7-6-12(3)8-14(15)5/h6-8,11,13,16H,9-10H2,1-5H3. The van der Waals surface area contributed by atoms with Crippen LogP contribution in [0.15, 0.2) is 23.1 Å². The maximum atomic E-state index is 3.49. The van der Waals surface area contributed by atoms with Crippen molar-refractivity contribution in [1.82, 2.24) is 5.32 Å². The molecule has 0 aromatic heterocycles. The van der Waals surface area contributed by atoms with E-state index >= 15 is 0 Å². The molecule has 1 aromatic rings. The summed E-state index contributed by atoms with van der Waals surface area (Å²) < 4.78 is 0. The maximum absolute atomic E-state index is 3.49. The Kier molecular flexibility index (Phi) is 6.07. The van der Waals surface area contributed by atoms with Gasteiger partial charge in [0.15, 0.2) is 0 Å². The number of benzene rings is 1. The minimum atomic E-state index is 0.587. The van der Waals surface area contributed by atoms with Crippen LogP contribution in [0.5, 0.6) is 0 Å². The van der Waals surface area contributed by atoms with Crippen molar-refractivity contribution < 1.29 is 0 Å². The molecule has 0 spiro atoms. The number of nitrogens with one attached hydrogen (secondary N) is 1. The zero-order valence-electron chi connectivity index (χ0n) is 11.7. The zero-order valence-corrected chi connectivity index (χ0v) is 12.5. The van der Waals surface area contributed by atoms with E-state index < -0.39 is 0 Å². The van der Waals surface area contributed by atoms with Gasteiger partial charge in [0, 0.05) is 16.7 Å². The molecular weight excluding hydrogens is 226 g/mol. The van der Waals surface area contributed by atoms with Crippen LogP contribution in [0.3, 0.4) is 0 Å². The van der Waals surface area contributed by atoms with E-state index in [1.165, 1.54) is 21.8 Å². The fraction of sp³-hybridized carbons (Fsp3) is 0.600. The lowest BCUT2D eigenvalue weighted by Gasteiger charge is -2.15. The Morgan fingerprint density at radius 2 is 1.88 bits per heavy atom. The number of aryl methyl sites for hydroxylation is 2. The third-order valence-electron chi connectivity index (χ3n) is 2.73. The molecule has 2 heteroatoms. The van der Waals surface area contributed by atoms with Crippen LogP contribution in [0.2, 0.25) is 0 Å². The van der Waals surface area contributed by atoms with Crippen LogP contribution in [-0.4, -0.2) is 18.3 Å². The number of thioether (sulfide) groups is 1. The van der Waals surface area contributed by atoms with Crippen LogP contribution < -0.4 is 5.32 Å². The molecule has 0 heterocycles. The molecule has 1 rings (SSSR count). The van der Waals surface area contributed by atoms with Crippen molar-refractivity contribution in [1.29, 1.82) is 0 Å². The third kappa shape index (κ3) is 5.60. The largest absolute Gasteiger partial charge is 0.314 e. The molecule has 0 aliphatic rings. The Labute approximate surface area is 110 Å². The molecule has 1 N–H and O–H groups in total. The van der Waals surface area contributed by atoms with Gasteiger partial charge in [-0.3, -0.25) is 0 Å². The Hall–Kier alpha value is -0.470. The Balaban J connectivity index is 2.39. The van der Waals surface area contributed by atoms with Crippen molar-refractivity contribution in [3.8, 4) is 0 Å². The molecule has 0 aliphatic heterocycles. The van der Waals surface area contributed by atoms with Gasteiger partial charge >= 0.3 is 0 Å². The van der Waals surface area contributed by atoms with Gasteiger partial charge in [0.25, 0.3) is 0 Å². The lowest BCUT2D eigenvalue weighted by Crippen LogP contribution is -2.28. The van der Waals surface area contributed by atoms with E-state index in [2.05, 4.69) is 58.1 Å². The van der Waals surface area contributed by atoms with Crippen molar-refractivity contribution in [2.24, 2.45) is 5.92 Å². The fourth-order valence-corrected chi connectivity index (χ4v) is 2.72. The highest BCUT2D eigenvalue weighted by molar-refractivity contribution is 7.99. The highest BCUT2D eigenvalue weighted by Crippen LogP contribution is 2.24. The molecule has 1 aromatic carbocycles. The van der Waals surface area contributed by atoms with Crippen LogP contribution >= 0.6 is 11.8 Å². The molecule has 96 valence electrons. The first kappa shape index (κ1) is 14.6. The van der Waals surface area contributed by atoms with Crippen molar-refractivity contribution in [3.05, 3.63) is 29.3 Å². The predicted molar refractivity (Wildman–Crippen MR) is 78.9 cm³/mol.